The molecule has 2 aromatic rings. The number of thiophene rings is 1. The van der Waals surface area contributed by atoms with Crippen LogP contribution in [0.5, 0.6) is 5.75 Å². The Morgan fingerprint density at radius 3 is 2.86 bits per heavy atom. The van der Waals surface area contributed by atoms with Crippen molar-refractivity contribution in [1.82, 2.24) is 0 Å². The third-order valence-corrected chi connectivity index (χ3v) is 5.12. The van der Waals surface area contributed by atoms with E-state index in [0.717, 1.165) is 35.8 Å². The summed E-state index contributed by atoms with van der Waals surface area (Å²) in [5, 5.41) is 4.99. The van der Waals surface area contributed by atoms with Gasteiger partial charge in [-0.1, -0.05) is 6.92 Å². The molecule has 1 heterocycles. The van der Waals surface area contributed by atoms with Gasteiger partial charge in [0.05, 0.1) is 12.2 Å². The summed E-state index contributed by atoms with van der Waals surface area (Å²) in [5.74, 6) is 1.55. The van der Waals surface area contributed by atoms with Crippen LogP contribution in [0, 0.1) is 5.92 Å². The molecule has 1 amide bonds. The number of carbonyl (C=O) groups is 1. The van der Waals surface area contributed by atoms with Crippen molar-refractivity contribution in [2.24, 2.45) is 5.92 Å². The zero-order valence-corrected chi connectivity index (χ0v) is 13.8. The second-order valence-corrected chi connectivity index (χ2v) is 6.77. The highest BCUT2D eigenvalue weighted by atomic mass is 32.1. The van der Waals surface area contributed by atoms with Gasteiger partial charge >= 0.3 is 0 Å². The monoisotopic (exact) mass is 315 g/mol. The first-order valence-corrected chi connectivity index (χ1v) is 8.68. The van der Waals surface area contributed by atoms with Crippen LogP contribution in [0.2, 0.25) is 0 Å². The standard InChI is InChI=1S/C18H21NO2S/c1-3-21-14-7-5-13(6-8-14)19-18(20)16-11-22-17-10-12(2)4-9-15(16)17/h5-8,11-12H,3-4,9-10H2,1-2H3,(H,19,20)/t12-/m1/s1. The maximum atomic E-state index is 12.5. The number of nitrogens with one attached hydrogen (secondary N) is 1. The summed E-state index contributed by atoms with van der Waals surface area (Å²) in [7, 11) is 0. The van der Waals surface area contributed by atoms with E-state index in [4.69, 9.17) is 4.74 Å². The van der Waals surface area contributed by atoms with Gasteiger partial charge in [0.15, 0.2) is 0 Å². The van der Waals surface area contributed by atoms with Crippen LogP contribution >= 0.6 is 11.3 Å². The summed E-state index contributed by atoms with van der Waals surface area (Å²) in [6.07, 6.45) is 3.30. The third kappa shape index (κ3) is 3.17. The van der Waals surface area contributed by atoms with Crippen molar-refractivity contribution in [3.05, 3.63) is 45.6 Å². The smallest absolute Gasteiger partial charge is 0.256 e. The largest absolute Gasteiger partial charge is 0.494 e. The van der Waals surface area contributed by atoms with E-state index < -0.39 is 0 Å². The molecule has 0 bridgehead atoms. The minimum atomic E-state index is -0.00351. The maximum absolute atomic E-state index is 12.5. The van der Waals surface area contributed by atoms with Crippen molar-refractivity contribution < 1.29 is 9.53 Å². The molecule has 1 aromatic carbocycles. The molecule has 116 valence electrons. The van der Waals surface area contributed by atoms with Crippen molar-refractivity contribution in [1.29, 1.82) is 0 Å². The number of rotatable bonds is 4. The molecule has 0 fully saturated rings. The molecule has 0 saturated carbocycles. The summed E-state index contributed by atoms with van der Waals surface area (Å²) in [5.41, 5.74) is 2.91. The van der Waals surface area contributed by atoms with Gasteiger partial charge in [-0.2, -0.15) is 0 Å². The van der Waals surface area contributed by atoms with E-state index in [-0.39, 0.29) is 5.91 Å². The van der Waals surface area contributed by atoms with Crippen molar-refractivity contribution in [3.8, 4) is 5.75 Å². The fourth-order valence-electron chi connectivity index (χ4n) is 2.87. The first-order valence-electron chi connectivity index (χ1n) is 7.80. The number of fused-ring (bicyclic) bond motifs is 1. The van der Waals surface area contributed by atoms with Gasteiger partial charge in [-0.3, -0.25) is 4.79 Å². The van der Waals surface area contributed by atoms with Crippen molar-refractivity contribution in [2.45, 2.75) is 33.1 Å². The van der Waals surface area contributed by atoms with Crippen LogP contribution in [-0.2, 0) is 12.8 Å². The molecule has 0 spiro atoms. The number of anilines is 1. The molecule has 3 nitrogen and oxygen atoms in total. The molecule has 0 unspecified atom stereocenters. The van der Waals surface area contributed by atoms with E-state index in [9.17, 15) is 4.79 Å². The lowest BCUT2D eigenvalue weighted by atomic mass is 9.88. The Morgan fingerprint density at radius 1 is 1.36 bits per heavy atom. The Balaban J connectivity index is 1.72. The quantitative estimate of drug-likeness (QED) is 0.900. The lowest BCUT2D eigenvalue weighted by Gasteiger charge is -2.18. The average molecular weight is 315 g/mol. The minimum absolute atomic E-state index is 0.00351. The number of hydrogen-bond acceptors (Lipinski definition) is 3. The fourth-order valence-corrected chi connectivity index (χ4v) is 4.11. The molecule has 0 aliphatic heterocycles. The molecular formula is C18H21NO2S. The van der Waals surface area contributed by atoms with E-state index >= 15 is 0 Å². The highest BCUT2D eigenvalue weighted by Gasteiger charge is 2.23. The van der Waals surface area contributed by atoms with Gasteiger partial charge < -0.3 is 10.1 Å². The zero-order valence-electron chi connectivity index (χ0n) is 13.0. The SMILES string of the molecule is CCOc1ccc(NC(=O)c2csc3c2CC[C@@H](C)C3)cc1. The second-order valence-electron chi connectivity index (χ2n) is 5.81. The van der Waals surface area contributed by atoms with E-state index in [1.54, 1.807) is 11.3 Å². The first kappa shape index (κ1) is 15.1. The predicted molar refractivity (Wildman–Crippen MR) is 91.1 cm³/mol. The minimum Gasteiger partial charge on any atom is -0.494 e. The van der Waals surface area contributed by atoms with Gasteiger partial charge in [-0.05, 0) is 61.9 Å². The van der Waals surface area contributed by atoms with E-state index in [1.165, 1.54) is 16.9 Å². The van der Waals surface area contributed by atoms with E-state index in [0.29, 0.717) is 6.61 Å². The van der Waals surface area contributed by atoms with Gasteiger partial charge in [-0.25, -0.2) is 0 Å². The van der Waals surface area contributed by atoms with Crippen molar-refractivity contribution >= 4 is 22.9 Å². The van der Waals surface area contributed by atoms with Crippen molar-refractivity contribution in [3.63, 3.8) is 0 Å². The summed E-state index contributed by atoms with van der Waals surface area (Å²) in [4.78, 5) is 13.9. The lowest BCUT2D eigenvalue weighted by molar-refractivity contribution is 0.102. The average Bonchev–Trinajstić information content (AvgIpc) is 2.92. The molecule has 1 atom stereocenters. The molecular weight excluding hydrogens is 294 g/mol. The number of carbonyl (C=O) groups excluding carboxylic acids is 1. The van der Waals surface area contributed by atoms with Crippen LogP contribution in [0.25, 0.3) is 0 Å². The lowest BCUT2D eigenvalue weighted by Crippen LogP contribution is -2.16. The fraction of sp³-hybridized carbons (Fsp3) is 0.389. The number of amides is 1. The van der Waals surface area contributed by atoms with Gasteiger partial charge in [0.1, 0.15) is 5.75 Å². The summed E-state index contributed by atoms with van der Waals surface area (Å²) >= 11 is 1.72. The second kappa shape index (κ2) is 6.53. The van der Waals surface area contributed by atoms with Gasteiger partial charge in [0.2, 0.25) is 0 Å². The van der Waals surface area contributed by atoms with Crippen LogP contribution in [-0.4, -0.2) is 12.5 Å². The molecule has 1 aromatic heterocycles. The Kier molecular flexibility index (Phi) is 4.48. The van der Waals surface area contributed by atoms with Crippen LogP contribution < -0.4 is 10.1 Å². The van der Waals surface area contributed by atoms with Crippen LogP contribution in [0.1, 0.15) is 41.1 Å². The Hall–Kier alpha value is -1.81. The molecule has 22 heavy (non-hydrogen) atoms. The Bertz CT molecular complexity index is 660. The molecule has 1 aliphatic rings. The Morgan fingerprint density at radius 2 is 2.14 bits per heavy atom. The van der Waals surface area contributed by atoms with Crippen LogP contribution in [0.15, 0.2) is 29.6 Å². The van der Waals surface area contributed by atoms with Crippen molar-refractivity contribution in [2.75, 3.05) is 11.9 Å². The molecule has 0 saturated heterocycles. The molecule has 3 rings (SSSR count). The topological polar surface area (TPSA) is 38.3 Å². The van der Waals surface area contributed by atoms with E-state index in [1.807, 2.05) is 36.6 Å². The summed E-state index contributed by atoms with van der Waals surface area (Å²) < 4.78 is 5.41. The van der Waals surface area contributed by atoms with Crippen LogP contribution in [0.3, 0.4) is 0 Å². The molecule has 1 N–H and O–H groups in total. The van der Waals surface area contributed by atoms with Gasteiger partial charge in [-0.15, -0.1) is 11.3 Å². The Labute approximate surface area is 135 Å². The zero-order chi connectivity index (χ0) is 15.5. The van der Waals surface area contributed by atoms with Gasteiger partial charge in [0, 0.05) is 15.9 Å². The molecule has 0 radical (unpaired) electrons. The normalized spacial score (nSPS) is 16.9. The predicted octanol–water partition coefficient (Wildman–Crippen LogP) is 4.52. The number of hydrogen-bond donors (Lipinski definition) is 1. The van der Waals surface area contributed by atoms with Crippen LogP contribution in [0.4, 0.5) is 5.69 Å². The molecule has 1 aliphatic carbocycles. The van der Waals surface area contributed by atoms with E-state index in [2.05, 4.69) is 12.2 Å². The summed E-state index contributed by atoms with van der Waals surface area (Å²) in [6, 6.07) is 7.52. The summed E-state index contributed by atoms with van der Waals surface area (Å²) in [6.45, 7) is 4.88. The van der Waals surface area contributed by atoms with Gasteiger partial charge in [0.25, 0.3) is 5.91 Å². The first-order chi connectivity index (χ1) is 10.7. The third-order valence-electron chi connectivity index (χ3n) is 4.07. The highest BCUT2D eigenvalue weighted by molar-refractivity contribution is 7.10. The highest BCUT2D eigenvalue weighted by Crippen LogP contribution is 2.33. The maximum Gasteiger partial charge on any atom is 0.256 e. The number of benzene rings is 1. The number of ether oxygens (including phenoxy) is 1. The molecule has 4 heteroatoms.